The van der Waals surface area contributed by atoms with Gasteiger partial charge in [0.25, 0.3) is 0 Å². The van der Waals surface area contributed by atoms with Crippen LogP contribution in [-0.4, -0.2) is 13.7 Å². The molecule has 0 aliphatic heterocycles. The van der Waals surface area contributed by atoms with E-state index >= 15 is 0 Å². The van der Waals surface area contributed by atoms with Gasteiger partial charge in [0.15, 0.2) is 0 Å². The van der Waals surface area contributed by atoms with Crippen molar-refractivity contribution in [2.24, 2.45) is 0 Å². The molecule has 0 saturated carbocycles. The number of rotatable bonds is 3. The van der Waals surface area contributed by atoms with E-state index in [1.54, 1.807) is 0 Å². The summed E-state index contributed by atoms with van der Waals surface area (Å²) in [4.78, 5) is 0. The third-order valence-electron chi connectivity index (χ3n) is 11.0. The molecule has 4 heteroatoms. The summed E-state index contributed by atoms with van der Waals surface area (Å²) in [5, 5.41) is 10.2. The Bertz CT molecular complexity index is 3390. The van der Waals surface area contributed by atoms with Crippen LogP contribution in [0.3, 0.4) is 0 Å². The molecule has 4 aromatic heterocycles. The van der Waals surface area contributed by atoms with E-state index in [0.29, 0.717) is 0 Å². The molecule has 0 fully saturated rings. The van der Waals surface area contributed by atoms with Crippen molar-refractivity contribution in [3.8, 4) is 17.1 Å². The second-order valence-corrected chi connectivity index (χ2v) is 14.8. The largest absolute Gasteiger partial charge is 0.309 e. The highest BCUT2D eigenvalue weighted by Gasteiger charge is 2.24. The van der Waals surface area contributed by atoms with E-state index in [-0.39, 0.29) is 0 Å². The maximum Gasteiger partial charge on any atom is 0.0641 e. The molecular weight excluding hydrogens is 651 g/mol. The summed E-state index contributed by atoms with van der Waals surface area (Å²) in [6.45, 7) is 0. The number of thiophene rings is 1. The van der Waals surface area contributed by atoms with Crippen molar-refractivity contribution < 1.29 is 0 Å². The topological polar surface area (TPSA) is 14.8 Å². The lowest BCUT2D eigenvalue weighted by molar-refractivity contribution is 1.17. The van der Waals surface area contributed by atoms with Gasteiger partial charge in [0.1, 0.15) is 0 Å². The molecule has 0 spiro atoms. The summed E-state index contributed by atoms with van der Waals surface area (Å²) in [5.74, 6) is 0. The average molecular weight is 680 g/mol. The first-order valence-electron chi connectivity index (χ1n) is 17.8. The molecule has 0 bridgehead atoms. The summed E-state index contributed by atoms with van der Waals surface area (Å²) in [7, 11) is 0. The van der Waals surface area contributed by atoms with Crippen molar-refractivity contribution in [2.45, 2.75) is 0 Å². The van der Waals surface area contributed by atoms with Crippen molar-refractivity contribution in [3.05, 3.63) is 176 Å². The van der Waals surface area contributed by atoms with E-state index in [0.717, 1.165) is 11.4 Å². The third kappa shape index (κ3) is 3.69. The lowest BCUT2D eigenvalue weighted by Gasteiger charge is -2.11. The molecule has 0 aliphatic rings. The van der Waals surface area contributed by atoms with E-state index < -0.39 is 0 Å². The van der Waals surface area contributed by atoms with Crippen LogP contribution in [-0.2, 0) is 0 Å². The first-order chi connectivity index (χ1) is 25.8. The van der Waals surface area contributed by atoms with Crippen molar-refractivity contribution in [1.29, 1.82) is 0 Å². The van der Waals surface area contributed by atoms with Gasteiger partial charge in [-0.05, 0) is 72.8 Å². The maximum absolute atomic E-state index is 2.55. The highest BCUT2D eigenvalue weighted by atomic mass is 32.1. The first-order valence-corrected chi connectivity index (χ1v) is 18.6. The Morgan fingerprint density at radius 3 is 1.38 bits per heavy atom. The quantitative estimate of drug-likeness (QED) is 0.177. The van der Waals surface area contributed by atoms with E-state index in [1.165, 1.54) is 91.3 Å². The van der Waals surface area contributed by atoms with E-state index in [1.807, 2.05) is 11.3 Å². The number of aromatic nitrogens is 3. The molecule has 0 atom stereocenters. The van der Waals surface area contributed by atoms with Gasteiger partial charge in [-0.2, -0.15) is 0 Å². The minimum atomic E-state index is 1.15. The Labute approximate surface area is 302 Å². The Kier molecular flexibility index (Phi) is 5.65. The molecule has 12 aromatic rings. The van der Waals surface area contributed by atoms with Gasteiger partial charge in [-0.25, -0.2) is 0 Å². The summed E-state index contributed by atoms with van der Waals surface area (Å²) in [5.41, 5.74) is 10.8. The van der Waals surface area contributed by atoms with Crippen LogP contribution in [0.25, 0.3) is 103 Å². The van der Waals surface area contributed by atoms with Crippen molar-refractivity contribution >= 4 is 96.9 Å². The van der Waals surface area contributed by atoms with Crippen LogP contribution in [0.4, 0.5) is 0 Å². The predicted octanol–water partition coefficient (Wildman–Crippen LogP) is 13.3. The Morgan fingerprint density at radius 1 is 0.288 bits per heavy atom. The van der Waals surface area contributed by atoms with Gasteiger partial charge in [-0.15, -0.1) is 11.3 Å². The van der Waals surface area contributed by atoms with Gasteiger partial charge < -0.3 is 13.7 Å². The number of hydrogen-bond donors (Lipinski definition) is 0. The summed E-state index contributed by atoms with van der Waals surface area (Å²) >= 11 is 1.87. The molecule has 242 valence electrons. The SMILES string of the molecule is c1ccc(-n2c3ccccc3c3c2ccc2c4ccc5c(c6ccccc6n5-c5ccc6sc7ccccc7c6c5)c4n(-c4ccccc4)c23)cc1. The number of hydrogen-bond acceptors (Lipinski definition) is 1. The number of para-hydroxylation sites is 4. The van der Waals surface area contributed by atoms with Gasteiger partial charge in [0.2, 0.25) is 0 Å². The minimum absolute atomic E-state index is 1.15. The fourth-order valence-corrected chi connectivity index (χ4v) is 10.0. The van der Waals surface area contributed by atoms with Crippen LogP contribution in [0, 0.1) is 0 Å². The fraction of sp³-hybridized carbons (Fsp3) is 0. The van der Waals surface area contributed by atoms with Crippen LogP contribution in [0.15, 0.2) is 176 Å². The highest BCUT2D eigenvalue weighted by Crippen LogP contribution is 2.46. The molecule has 0 N–H and O–H groups in total. The van der Waals surface area contributed by atoms with Crippen molar-refractivity contribution in [2.75, 3.05) is 0 Å². The molecule has 4 heterocycles. The van der Waals surface area contributed by atoms with Gasteiger partial charge >= 0.3 is 0 Å². The van der Waals surface area contributed by atoms with Crippen molar-refractivity contribution in [1.82, 2.24) is 13.7 Å². The maximum atomic E-state index is 2.55. The summed E-state index contributed by atoms with van der Waals surface area (Å²) in [6.07, 6.45) is 0. The van der Waals surface area contributed by atoms with E-state index in [2.05, 4.69) is 190 Å². The second-order valence-electron chi connectivity index (χ2n) is 13.7. The normalized spacial score (nSPS) is 12.2. The van der Waals surface area contributed by atoms with Gasteiger partial charge in [-0.3, -0.25) is 0 Å². The molecule has 8 aromatic carbocycles. The zero-order valence-electron chi connectivity index (χ0n) is 28.0. The number of fused-ring (bicyclic) bond motifs is 14. The smallest absolute Gasteiger partial charge is 0.0641 e. The minimum Gasteiger partial charge on any atom is -0.309 e. The number of nitrogens with zero attached hydrogens (tertiary/aromatic N) is 3. The zero-order chi connectivity index (χ0) is 33.9. The first kappa shape index (κ1) is 28.1. The third-order valence-corrected chi connectivity index (χ3v) is 12.2. The lowest BCUT2D eigenvalue weighted by atomic mass is 10.1. The van der Waals surface area contributed by atoms with Crippen LogP contribution in [0.5, 0.6) is 0 Å². The number of benzene rings is 8. The molecule has 52 heavy (non-hydrogen) atoms. The average Bonchev–Trinajstić information content (AvgIpc) is 3.94. The molecule has 3 nitrogen and oxygen atoms in total. The lowest BCUT2D eigenvalue weighted by Crippen LogP contribution is -1.96. The predicted molar refractivity (Wildman–Crippen MR) is 222 cm³/mol. The summed E-state index contributed by atoms with van der Waals surface area (Å²) in [6, 6.07) is 64.6. The Hall–Kier alpha value is -6.62. The molecule has 0 radical (unpaired) electrons. The zero-order valence-corrected chi connectivity index (χ0v) is 28.8. The van der Waals surface area contributed by atoms with E-state index in [9.17, 15) is 0 Å². The standard InChI is InChI=1S/C48H29N3S/c1-3-13-30(14-4-1)49-39-20-10-7-18-36(39)45-41(49)26-24-34-35-25-27-42-46(48(35)51(47(34)45)31-15-5-2-6-16-31)37-19-8-11-21-40(37)50(42)32-23-28-44-38(29-32)33-17-9-12-22-43(33)52-44/h1-29H. The Morgan fingerprint density at radius 2 is 0.769 bits per heavy atom. The molecule has 12 rings (SSSR count). The molecule has 0 aliphatic carbocycles. The van der Waals surface area contributed by atoms with Crippen LogP contribution >= 0.6 is 11.3 Å². The van der Waals surface area contributed by atoms with Gasteiger partial charge in [0, 0.05) is 69.6 Å². The fourth-order valence-electron chi connectivity index (χ4n) is 8.92. The molecule has 0 unspecified atom stereocenters. The highest BCUT2D eigenvalue weighted by molar-refractivity contribution is 7.25. The van der Waals surface area contributed by atoms with Crippen LogP contribution < -0.4 is 0 Å². The van der Waals surface area contributed by atoms with Crippen molar-refractivity contribution in [3.63, 3.8) is 0 Å². The second kappa shape index (κ2) is 10.5. The molecule has 0 amide bonds. The molecular formula is C48H29N3S. The molecule has 0 saturated heterocycles. The van der Waals surface area contributed by atoms with Crippen LogP contribution in [0.2, 0.25) is 0 Å². The van der Waals surface area contributed by atoms with Crippen LogP contribution in [0.1, 0.15) is 0 Å². The summed E-state index contributed by atoms with van der Waals surface area (Å²) < 4.78 is 10.1. The Balaban J connectivity index is 1.28. The monoisotopic (exact) mass is 679 g/mol. The van der Waals surface area contributed by atoms with Gasteiger partial charge in [-0.1, -0.05) is 103 Å². The van der Waals surface area contributed by atoms with E-state index in [4.69, 9.17) is 0 Å². The van der Waals surface area contributed by atoms with Gasteiger partial charge in [0.05, 0.1) is 33.1 Å².